The lowest BCUT2D eigenvalue weighted by Crippen LogP contribution is -2.46. The summed E-state index contributed by atoms with van der Waals surface area (Å²) in [5.41, 5.74) is 1.26. The molecule has 0 aromatic carbocycles. The Bertz CT molecular complexity index is 344. The van der Waals surface area contributed by atoms with Crippen molar-refractivity contribution in [1.82, 2.24) is 10.2 Å². The lowest BCUT2D eigenvalue weighted by atomic mass is 10.1. The second kappa shape index (κ2) is 6.17. The fourth-order valence-corrected chi connectivity index (χ4v) is 2.81. The molecule has 0 aliphatic carbocycles. The molecule has 1 amide bonds. The summed E-state index contributed by atoms with van der Waals surface area (Å²) >= 11 is 1.69. The molecule has 1 aromatic heterocycles. The van der Waals surface area contributed by atoms with Crippen LogP contribution >= 0.6 is 11.3 Å². The van der Waals surface area contributed by atoms with Crippen LogP contribution in [-0.2, 0) is 11.3 Å². The largest absolute Gasteiger partial charge is 0.341 e. The molecule has 17 heavy (non-hydrogen) atoms. The van der Waals surface area contributed by atoms with E-state index >= 15 is 0 Å². The first kappa shape index (κ1) is 12.6. The van der Waals surface area contributed by atoms with Gasteiger partial charge in [0.1, 0.15) is 0 Å². The molecular formula is C13H20N2OS. The summed E-state index contributed by atoms with van der Waals surface area (Å²) < 4.78 is 0. The van der Waals surface area contributed by atoms with E-state index in [0.717, 1.165) is 32.5 Å². The van der Waals surface area contributed by atoms with Crippen molar-refractivity contribution in [3.63, 3.8) is 0 Å². The Morgan fingerprint density at radius 3 is 2.88 bits per heavy atom. The van der Waals surface area contributed by atoms with Gasteiger partial charge in [-0.25, -0.2) is 0 Å². The molecule has 3 nitrogen and oxygen atoms in total. The molecule has 1 atom stereocenters. The molecule has 1 aromatic rings. The number of amides is 1. The smallest absolute Gasteiger partial charge is 0.239 e. The lowest BCUT2D eigenvalue weighted by Gasteiger charge is -2.29. The number of likely N-dealkylation sites (tertiary alicyclic amines) is 1. The Kier molecular flexibility index (Phi) is 4.57. The summed E-state index contributed by atoms with van der Waals surface area (Å²) in [5.74, 6) is 0.250. The Labute approximate surface area is 107 Å². The fourth-order valence-electron chi connectivity index (χ4n) is 2.14. The van der Waals surface area contributed by atoms with Gasteiger partial charge in [0, 0.05) is 19.6 Å². The van der Waals surface area contributed by atoms with Crippen LogP contribution in [-0.4, -0.2) is 29.9 Å². The number of thiophene rings is 1. The van der Waals surface area contributed by atoms with Gasteiger partial charge in [0.2, 0.25) is 5.91 Å². The summed E-state index contributed by atoms with van der Waals surface area (Å²) in [6.45, 7) is 4.61. The zero-order valence-corrected chi connectivity index (χ0v) is 11.1. The van der Waals surface area contributed by atoms with Crippen molar-refractivity contribution in [2.45, 2.75) is 38.8 Å². The van der Waals surface area contributed by atoms with Gasteiger partial charge in [-0.1, -0.05) is 0 Å². The second-order valence-corrected chi connectivity index (χ2v) is 5.40. The van der Waals surface area contributed by atoms with E-state index in [1.54, 1.807) is 11.3 Å². The summed E-state index contributed by atoms with van der Waals surface area (Å²) in [6, 6.07) is 2.02. The minimum atomic E-state index is -0.0759. The standard InChI is InChI=1S/C13H20N2OS/c1-11(14-9-12-5-8-17-10-12)13(16)15-6-3-2-4-7-15/h5,8,10-11,14H,2-4,6-7,9H2,1H3. The number of nitrogens with one attached hydrogen (secondary N) is 1. The van der Waals surface area contributed by atoms with Crippen LogP contribution in [0.3, 0.4) is 0 Å². The van der Waals surface area contributed by atoms with Crippen LogP contribution in [0.15, 0.2) is 16.8 Å². The molecule has 1 fully saturated rings. The highest BCUT2D eigenvalue weighted by molar-refractivity contribution is 7.07. The van der Waals surface area contributed by atoms with Crippen LogP contribution in [0.25, 0.3) is 0 Å². The minimum absolute atomic E-state index is 0.0759. The van der Waals surface area contributed by atoms with E-state index < -0.39 is 0 Å². The maximum Gasteiger partial charge on any atom is 0.239 e. The second-order valence-electron chi connectivity index (χ2n) is 4.62. The number of hydrogen-bond acceptors (Lipinski definition) is 3. The molecule has 2 rings (SSSR count). The number of nitrogens with zero attached hydrogens (tertiary/aromatic N) is 1. The highest BCUT2D eigenvalue weighted by atomic mass is 32.1. The van der Waals surface area contributed by atoms with Crippen molar-refractivity contribution in [1.29, 1.82) is 0 Å². The van der Waals surface area contributed by atoms with Gasteiger partial charge in [-0.2, -0.15) is 11.3 Å². The number of rotatable bonds is 4. The zero-order valence-electron chi connectivity index (χ0n) is 10.3. The molecule has 0 bridgehead atoms. The van der Waals surface area contributed by atoms with E-state index in [9.17, 15) is 4.79 Å². The van der Waals surface area contributed by atoms with Crippen LogP contribution < -0.4 is 5.32 Å². The van der Waals surface area contributed by atoms with E-state index in [0.29, 0.717) is 0 Å². The third-order valence-electron chi connectivity index (χ3n) is 3.23. The van der Waals surface area contributed by atoms with Gasteiger partial charge in [-0.3, -0.25) is 4.79 Å². The third kappa shape index (κ3) is 3.54. The first-order valence-corrected chi connectivity index (χ1v) is 7.25. The highest BCUT2D eigenvalue weighted by Gasteiger charge is 2.21. The topological polar surface area (TPSA) is 32.3 Å². The Morgan fingerprint density at radius 2 is 2.24 bits per heavy atom. The predicted octanol–water partition coefficient (Wildman–Crippen LogP) is 2.24. The average Bonchev–Trinajstić information content (AvgIpc) is 2.89. The minimum Gasteiger partial charge on any atom is -0.341 e. The van der Waals surface area contributed by atoms with Gasteiger partial charge in [0.25, 0.3) is 0 Å². The van der Waals surface area contributed by atoms with Gasteiger partial charge in [-0.05, 0) is 48.6 Å². The fraction of sp³-hybridized carbons (Fsp3) is 0.615. The molecular weight excluding hydrogens is 232 g/mol. The van der Waals surface area contributed by atoms with Crippen LogP contribution in [0.4, 0.5) is 0 Å². The van der Waals surface area contributed by atoms with Gasteiger partial charge < -0.3 is 10.2 Å². The van der Waals surface area contributed by atoms with Crippen molar-refractivity contribution in [2.24, 2.45) is 0 Å². The Morgan fingerprint density at radius 1 is 1.47 bits per heavy atom. The van der Waals surface area contributed by atoms with Gasteiger partial charge in [-0.15, -0.1) is 0 Å². The van der Waals surface area contributed by atoms with Crippen molar-refractivity contribution >= 4 is 17.2 Å². The zero-order chi connectivity index (χ0) is 12.1. The molecule has 0 spiro atoms. The van der Waals surface area contributed by atoms with Gasteiger partial charge in [0.05, 0.1) is 6.04 Å². The molecule has 0 saturated carbocycles. The summed E-state index contributed by atoms with van der Waals surface area (Å²) in [6.07, 6.45) is 3.58. The Hall–Kier alpha value is -0.870. The maximum atomic E-state index is 12.1. The predicted molar refractivity (Wildman–Crippen MR) is 71.1 cm³/mol. The van der Waals surface area contributed by atoms with Crippen molar-refractivity contribution in [3.8, 4) is 0 Å². The molecule has 1 aliphatic rings. The van der Waals surface area contributed by atoms with Crippen LogP contribution in [0, 0.1) is 0 Å². The summed E-state index contributed by atoms with van der Waals surface area (Å²) in [7, 11) is 0. The maximum absolute atomic E-state index is 12.1. The van der Waals surface area contributed by atoms with Gasteiger partial charge in [0.15, 0.2) is 0 Å². The summed E-state index contributed by atoms with van der Waals surface area (Å²) in [5, 5.41) is 7.48. The van der Waals surface area contributed by atoms with E-state index in [1.807, 2.05) is 11.8 Å². The molecule has 1 N–H and O–H groups in total. The third-order valence-corrected chi connectivity index (χ3v) is 3.96. The molecule has 94 valence electrons. The van der Waals surface area contributed by atoms with Crippen LogP contribution in [0.5, 0.6) is 0 Å². The highest BCUT2D eigenvalue weighted by Crippen LogP contribution is 2.10. The number of hydrogen-bond donors (Lipinski definition) is 1. The van der Waals surface area contributed by atoms with Crippen molar-refractivity contribution < 1.29 is 4.79 Å². The molecule has 4 heteroatoms. The monoisotopic (exact) mass is 252 g/mol. The van der Waals surface area contributed by atoms with E-state index in [4.69, 9.17) is 0 Å². The SMILES string of the molecule is CC(NCc1ccsc1)C(=O)N1CCCCC1. The van der Waals surface area contributed by atoms with Crippen LogP contribution in [0.2, 0.25) is 0 Å². The first-order chi connectivity index (χ1) is 8.27. The van der Waals surface area contributed by atoms with E-state index in [2.05, 4.69) is 22.1 Å². The Balaban J connectivity index is 1.78. The molecule has 0 radical (unpaired) electrons. The van der Waals surface area contributed by atoms with Crippen LogP contribution in [0.1, 0.15) is 31.7 Å². The number of piperidine rings is 1. The van der Waals surface area contributed by atoms with Crippen molar-refractivity contribution in [3.05, 3.63) is 22.4 Å². The van der Waals surface area contributed by atoms with E-state index in [-0.39, 0.29) is 11.9 Å². The molecule has 2 heterocycles. The number of carbonyl (C=O) groups is 1. The molecule has 1 aliphatic heterocycles. The first-order valence-electron chi connectivity index (χ1n) is 6.30. The quantitative estimate of drug-likeness (QED) is 0.891. The molecule has 1 unspecified atom stereocenters. The number of carbonyl (C=O) groups excluding carboxylic acids is 1. The normalized spacial score (nSPS) is 18.1. The van der Waals surface area contributed by atoms with Gasteiger partial charge >= 0.3 is 0 Å². The summed E-state index contributed by atoms with van der Waals surface area (Å²) in [4.78, 5) is 14.1. The molecule has 1 saturated heterocycles. The lowest BCUT2D eigenvalue weighted by molar-refractivity contribution is -0.133. The van der Waals surface area contributed by atoms with Crippen molar-refractivity contribution in [2.75, 3.05) is 13.1 Å². The average molecular weight is 252 g/mol. The van der Waals surface area contributed by atoms with E-state index in [1.165, 1.54) is 12.0 Å².